The first-order valence-electron chi connectivity index (χ1n) is 8.17. The van der Waals surface area contributed by atoms with Crippen molar-refractivity contribution >= 4 is 21.3 Å². The number of aryl methyl sites for hydroxylation is 1. The van der Waals surface area contributed by atoms with Gasteiger partial charge in [0.1, 0.15) is 5.75 Å². The molecule has 4 nitrogen and oxygen atoms in total. The molecule has 0 atom stereocenters. The summed E-state index contributed by atoms with van der Waals surface area (Å²) in [4.78, 5) is 0.251. The van der Waals surface area contributed by atoms with Crippen LogP contribution in [0.3, 0.4) is 0 Å². The molecule has 3 rings (SSSR count). The number of hydrogen-bond acceptors (Lipinski definition) is 3. The Kier molecular flexibility index (Phi) is 4.15. The van der Waals surface area contributed by atoms with Crippen LogP contribution in [0.1, 0.15) is 31.9 Å². The summed E-state index contributed by atoms with van der Waals surface area (Å²) in [7, 11) is -2.15. The topological polar surface area (TPSA) is 46.6 Å². The van der Waals surface area contributed by atoms with Gasteiger partial charge in [0.15, 0.2) is 0 Å². The number of methoxy groups -OCH3 is 1. The molecule has 0 radical (unpaired) electrons. The molecule has 132 valence electrons. The molecule has 0 saturated carbocycles. The summed E-state index contributed by atoms with van der Waals surface area (Å²) < 4.78 is 33.5. The van der Waals surface area contributed by atoms with Crippen molar-refractivity contribution in [3.05, 3.63) is 59.7 Å². The van der Waals surface area contributed by atoms with Crippen molar-refractivity contribution in [1.29, 1.82) is 0 Å². The first-order valence-corrected chi connectivity index (χ1v) is 9.61. The number of rotatable bonds is 3. The largest absolute Gasteiger partial charge is 0.497 e. The Bertz CT molecular complexity index is 941. The molecule has 0 unspecified atom stereocenters. The van der Waals surface area contributed by atoms with Crippen molar-refractivity contribution < 1.29 is 13.2 Å². The molecule has 2 aromatic carbocycles. The van der Waals surface area contributed by atoms with Gasteiger partial charge in [-0.15, -0.1) is 0 Å². The van der Waals surface area contributed by atoms with Crippen LogP contribution >= 0.6 is 0 Å². The molecule has 0 aromatic heterocycles. The summed E-state index contributed by atoms with van der Waals surface area (Å²) in [6, 6.07) is 12.4. The number of nitrogens with zero attached hydrogens (tertiary/aromatic N) is 1. The van der Waals surface area contributed by atoms with Gasteiger partial charge < -0.3 is 4.74 Å². The third kappa shape index (κ3) is 2.93. The van der Waals surface area contributed by atoms with Crippen molar-refractivity contribution in [2.45, 2.75) is 38.1 Å². The van der Waals surface area contributed by atoms with Gasteiger partial charge in [-0.1, -0.05) is 17.7 Å². The zero-order chi connectivity index (χ0) is 18.4. The summed E-state index contributed by atoms with van der Waals surface area (Å²) in [5, 5.41) is 0. The quantitative estimate of drug-likeness (QED) is 0.818. The highest BCUT2D eigenvalue weighted by molar-refractivity contribution is 7.93. The number of hydrogen-bond donors (Lipinski definition) is 0. The van der Waals surface area contributed by atoms with Crippen molar-refractivity contribution in [2.24, 2.45) is 0 Å². The summed E-state index contributed by atoms with van der Waals surface area (Å²) in [5.41, 5.74) is 3.20. The number of anilines is 1. The fraction of sp³-hybridized carbons (Fsp3) is 0.300. The van der Waals surface area contributed by atoms with Crippen molar-refractivity contribution in [3.63, 3.8) is 0 Å². The first-order chi connectivity index (χ1) is 11.7. The smallest absolute Gasteiger partial charge is 0.265 e. The van der Waals surface area contributed by atoms with Crippen LogP contribution in [-0.2, 0) is 10.0 Å². The Hall–Kier alpha value is -2.27. The maximum Gasteiger partial charge on any atom is 0.265 e. The van der Waals surface area contributed by atoms with Crippen LogP contribution in [0, 0.1) is 6.92 Å². The Morgan fingerprint density at radius 1 is 1.00 bits per heavy atom. The molecule has 1 aliphatic rings. The highest BCUT2D eigenvalue weighted by Gasteiger charge is 2.40. The van der Waals surface area contributed by atoms with E-state index in [1.165, 1.54) is 4.31 Å². The molecule has 2 aromatic rings. The van der Waals surface area contributed by atoms with E-state index >= 15 is 0 Å². The molecular weight excluding hydrogens is 334 g/mol. The van der Waals surface area contributed by atoms with E-state index in [-0.39, 0.29) is 4.90 Å². The zero-order valence-electron chi connectivity index (χ0n) is 15.2. The van der Waals surface area contributed by atoms with Gasteiger partial charge in [0.05, 0.1) is 23.2 Å². The van der Waals surface area contributed by atoms with E-state index in [9.17, 15) is 8.42 Å². The minimum absolute atomic E-state index is 0.251. The Morgan fingerprint density at radius 2 is 1.64 bits per heavy atom. The van der Waals surface area contributed by atoms with Crippen LogP contribution in [0.2, 0.25) is 0 Å². The van der Waals surface area contributed by atoms with Gasteiger partial charge in [-0.2, -0.15) is 0 Å². The number of fused-ring (bicyclic) bond motifs is 1. The Labute approximate surface area is 149 Å². The highest BCUT2D eigenvalue weighted by atomic mass is 32.2. The SMILES string of the molecule is COc1ccc(S(=O)(=O)N2c3ccc(C)cc3C(C)=CC2(C)C)cc1. The monoisotopic (exact) mass is 357 g/mol. The molecule has 0 amide bonds. The van der Waals surface area contributed by atoms with E-state index < -0.39 is 15.6 Å². The van der Waals surface area contributed by atoms with Crippen LogP contribution < -0.4 is 9.04 Å². The van der Waals surface area contributed by atoms with Crippen LogP contribution in [-0.4, -0.2) is 21.1 Å². The van der Waals surface area contributed by atoms with E-state index in [2.05, 4.69) is 0 Å². The molecule has 0 fully saturated rings. The third-order valence-electron chi connectivity index (χ3n) is 4.49. The van der Waals surface area contributed by atoms with Gasteiger partial charge >= 0.3 is 0 Å². The van der Waals surface area contributed by atoms with Crippen LogP contribution in [0.5, 0.6) is 5.75 Å². The second-order valence-corrected chi connectivity index (χ2v) is 8.73. The molecule has 1 aliphatic heterocycles. The number of sulfonamides is 1. The normalized spacial score (nSPS) is 16.2. The zero-order valence-corrected chi connectivity index (χ0v) is 16.0. The van der Waals surface area contributed by atoms with Gasteiger partial charge in [0.2, 0.25) is 0 Å². The molecular formula is C20H23NO3S. The molecule has 0 saturated heterocycles. The van der Waals surface area contributed by atoms with E-state index in [4.69, 9.17) is 4.74 Å². The van der Waals surface area contributed by atoms with Gasteiger partial charge in [-0.3, -0.25) is 4.31 Å². The van der Waals surface area contributed by atoms with E-state index in [1.54, 1.807) is 31.4 Å². The Balaban J connectivity index is 2.20. The molecule has 0 bridgehead atoms. The summed E-state index contributed by atoms with van der Waals surface area (Å²) in [6.45, 7) is 7.87. The van der Waals surface area contributed by atoms with Gasteiger partial charge in [0, 0.05) is 5.56 Å². The fourth-order valence-electron chi connectivity index (χ4n) is 3.41. The summed E-state index contributed by atoms with van der Waals surface area (Å²) in [6.07, 6.45) is 2.01. The van der Waals surface area contributed by atoms with Crippen molar-refractivity contribution in [1.82, 2.24) is 0 Å². The minimum Gasteiger partial charge on any atom is -0.497 e. The molecule has 0 spiro atoms. The fourth-order valence-corrected chi connectivity index (χ4v) is 5.19. The number of ether oxygens (including phenoxy) is 1. The van der Waals surface area contributed by atoms with Crippen molar-refractivity contribution in [2.75, 3.05) is 11.4 Å². The molecule has 0 N–H and O–H groups in total. The average Bonchev–Trinajstić information content (AvgIpc) is 2.54. The lowest BCUT2D eigenvalue weighted by atomic mass is 9.90. The first kappa shape index (κ1) is 17.5. The third-order valence-corrected chi connectivity index (χ3v) is 6.50. The van der Waals surface area contributed by atoms with Crippen LogP contribution in [0.4, 0.5) is 5.69 Å². The van der Waals surface area contributed by atoms with Crippen molar-refractivity contribution in [3.8, 4) is 5.75 Å². The molecule has 25 heavy (non-hydrogen) atoms. The molecule has 5 heteroatoms. The van der Waals surface area contributed by atoms with Gasteiger partial charge in [0.25, 0.3) is 10.0 Å². The van der Waals surface area contributed by atoms with Crippen LogP contribution in [0.25, 0.3) is 5.57 Å². The van der Waals surface area contributed by atoms with Crippen LogP contribution in [0.15, 0.2) is 53.4 Å². The Morgan fingerprint density at radius 3 is 2.24 bits per heavy atom. The number of allylic oxidation sites excluding steroid dienone is 1. The second-order valence-electron chi connectivity index (χ2n) is 6.95. The summed E-state index contributed by atoms with van der Waals surface area (Å²) in [5.74, 6) is 0.628. The minimum atomic E-state index is -3.71. The average molecular weight is 357 g/mol. The van der Waals surface area contributed by atoms with E-state index in [0.29, 0.717) is 11.4 Å². The maximum absolute atomic E-state index is 13.4. The maximum atomic E-state index is 13.4. The molecule has 1 heterocycles. The lowest BCUT2D eigenvalue weighted by Gasteiger charge is -2.42. The summed E-state index contributed by atoms with van der Waals surface area (Å²) >= 11 is 0. The second kappa shape index (κ2) is 5.92. The lowest BCUT2D eigenvalue weighted by molar-refractivity contribution is 0.414. The lowest BCUT2D eigenvalue weighted by Crippen LogP contribution is -2.48. The predicted molar refractivity (Wildman–Crippen MR) is 102 cm³/mol. The predicted octanol–water partition coefficient (Wildman–Crippen LogP) is 4.39. The highest BCUT2D eigenvalue weighted by Crippen LogP contribution is 2.42. The number of benzene rings is 2. The molecule has 0 aliphatic carbocycles. The standard InChI is InChI=1S/C20H23NO3S/c1-14-6-11-19-18(12-14)15(2)13-20(3,4)21(19)25(22,23)17-9-7-16(24-5)8-10-17/h6-13H,1-5H3. The van der Waals surface area contributed by atoms with E-state index in [1.807, 2.05) is 52.0 Å². The van der Waals surface area contributed by atoms with Gasteiger partial charge in [-0.05, 0) is 69.7 Å². The van der Waals surface area contributed by atoms with E-state index in [0.717, 1.165) is 16.7 Å². The van der Waals surface area contributed by atoms with Gasteiger partial charge in [-0.25, -0.2) is 8.42 Å².